The predicted molar refractivity (Wildman–Crippen MR) is 68.5 cm³/mol. The fourth-order valence-electron chi connectivity index (χ4n) is 1.68. The van der Waals surface area contributed by atoms with Gasteiger partial charge in [0.2, 0.25) is 11.8 Å². The van der Waals surface area contributed by atoms with Gasteiger partial charge < -0.3 is 14.1 Å². The van der Waals surface area contributed by atoms with E-state index < -0.39 is 5.97 Å². The first-order valence-electron chi connectivity index (χ1n) is 6.42. The molecule has 0 aromatic carbocycles. The third-order valence-corrected chi connectivity index (χ3v) is 2.58. The SMILES string of the molecule is CCCC(=O)N(CCC)Cc1nc(C(=O)OC)co1. The van der Waals surface area contributed by atoms with Crippen molar-refractivity contribution in [1.29, 1.82) is 0 Å². The summed E-state index contributed by atoms with van der Waals surface area (Å²) in [5, 5.41) is 0. The Labute approximate surface area is 112 Å². The van der Waals surface area contributed by atoms with Crippen molar-refractivity contribution in [2.24, 2.45) is 0 Å². The van der Waals surface area contributed by atoms with E-state index in [2.05, 4.69) is 9.72 Å². The number of aromatic nitrogens is 1. The van der Waals surface area contributed by atoms with Gasteiger partial charge in [-0.3, -0.25) is 4.79 Å². The zero-order chi connectivity index (χ0) is 14.3. The Morgan fingerprint density at radius 3 is 2.68 bits per heavy atom. The van der Waals surface area contributed by atoms with Crippen LogP contribution in [0.3, 0.4) is 0 Å². The smallest absolute Gasteiger partial charge is 0.360 e. The van der Waals surface area contributed by atoms with Crippen LogP contribution in [0.2, 0.25) is 0 Å². The molecule has 6 nitrogen and oxygen atoms in total. The summed E-state index contributed by atoms with van der Waals surface area (Å²) >= 11 is 0. The number of carbonyl (C=O) groups excluding carboxylic acids is 2. The highest BCUT2D eigenvalue weighted by Gasteiger charge is 2.17. The second-order valence-corrected chi connectivity index (χ2v) is 4.18. The van der Waals surface area contributed by atoms with Crippen LogP contribution in [0, 0.1) is 0 Å². The molecule has 1 amide bonds. The largest absolute Gasteiger partial charge is 0.464 e. The van der Waals surface area contributed by atoms with Crippen LogP contribution in [0.15, 0.2) is 10.7 Å². The van der Waals surface area contributed by atoms with E-state index >= 15 is 0 Å². The molecule has 0 bridgehead atoms. The van der Waals surface area contributed by atoms with E-state index in [1.807, 2.05) is 13.8 Å². The minimum absolute atomic E-state index is 0.0715. The molecule has 1 aromatic heterocycles. The zero-order valence-corrected chi connectivity index (χ0v) is 11.6. The summed E-state index contributed by atoms with van der Waals surface area (Å²) in [6.45, 7) is 4.89. The van der Waals surface area contributed by atoms with Gasteiger partial charge in [-0.05, 0) is 12.8 Å². The van der Waals surface area contributed by atoms with Crippen LogP contribution in [-0.4, -0.2) is 35.4 Å². The Kier molecular flexibility index (Phi) is 6.05. The van der Waals surface area contributed by atoms with Crippen molar-refractivity contribution in [2.75, 3.05) is 13.7 Å². The standard InChI is InChI=1S/C13H20N2O4/c1-4-6-12(16)15(7-5-2)8-11-14-10(9-19-11)13(17)18-3/h9H,4-8H2,1-3H3. The Morgan fingerprint density at radius 1 is 1.37 bits per heavy atom. The summed E-state index contributed by atoms with van der Waals surface area (Å²) in [5.41, 5.74) is 0.122. The summed E-state index contributed by atoms with van der Waals surface area (Å²) in [7, 11) is 1.28. The summed E-state index contributed by atoms with van der Waals surface area (Å²) in [6, 6.07) is 0. The molecule has 0 saturated carbocycles. The molecule has 0 radical (unpaired) electrons. The van der Waals surface area contributed by atoms with Crippen molar-refractivity contribution in [1.82, 2.24) is 9.88 Å². The molecular formula is C13H20N2O4. The van der Waals surface area contributed by atoms with Crippen LogP contribution < -0.4 is 0 Å². The van der Waals surface area contributed by atoms with Crippen LogP contribution >= 0.6 is 0 Å². The minimum Gasteiger partial charge on any atom is -0.464 e. The first-order valence-corrected chi connectivity index (χ1v) is 6.42. The molecule has 0 aliphatic carbocycles. The van der Waals surface area contributed by atoms with Crippen molar-refractivity contribution in [2.45, 2.75) is 39.7 Å². The maximum Gasteiger partial charge on any atom is 0.360 e. The van der Waals surface area contributed by atoms with Crippen molar-refractivity contribution >= 4 is 11.9 Å². The van der Waals surface area contributed by atoms with E-state index in [-0.39, 0.29) is 18.1 Å². The highest BCUT2D eigenvalue weighted by atomic mass is 16.5. The number of oxazole rings is 1. The Balaban J connectivity index is 2.70. The van der Waals surface area contributed by atoms with Crippen LogP contribution in [0.4, 0.5) is 0 Å². The second-order valence-electron chi connectivity index (χ2n) is 4.18. The maximum atomic E-state index is 11.9. The van der Waals surface area contributed by atoms with Crippen molar-refractivity contribution in [3.8, 4) is 0 Å². The molecule has 1 heterocycles. The normalized spacial score (nSPS) is 10.3. The molecule has 106 valence electrons. The van der Waals surface area contributed by atoms with E-state index in [4.69, 9.17) is 4.42 Å². The van der Waals surface area contributed by atoms with Crippen LogP contribution in [0.25, 0.3) is 0 Å². The Morgan fingerprint density at radius 2 is 2.11 bits per heavy atom. The van der Waals surface area contributed by atoms with E-state index in [1.54, 1.807) is 4.90 Å². The lowest BCUT2D eigenvalue weighted by atomic mass is 10.3. The average Bonchev–Trinajstić information content (AvgIpc) is 2.86. The lowest BCUT2D eigenvalue weighted by Crippen LogP contribution is -2.31. The van der Waals surface area contributed by atoms with Crippen molar-refractivity contribution < 1.29 is 18.7 Å². The minimum atomic E-state index is -0.545. The first kappa shape index (κ1) is 15.2. The molecule has 19 heavy (non-hydrogen) atoms. The van der Waals surface area contributed by atoms with Gasteiger partial charge in [0.25, 0.3) is 0 Å². The number of amides is 1. The van der Waals surface area contributed by atoms with E-state index in [9.17, 15) is 9.59 Å². The fourth-order valence-corrected chi connectivity index (χ4v) is 1.68. The van der Waals surface area contributed by atoms with Crippen LogP contribution in [-0.2, 0) is 16.1 Å². The third-order valence-electron chi connectivity index (χ3n) is 2.58. The predicted octanol–water partition coefficient (Wildman–Crippen LogP) is 2.00. The highest BCUT2D eigenvalue weighted by Crippen LogP contribution is 2.09. The van der Waals surface area contributed by atoms with Gasteiger partial charge in [-0.1, -0.05) is 13.8 Å². The van der Waals surface area contributed by atoms with E-state index in [0.29, 0.717) is 18.9 Å². The molecule has 0 aliphatic heterocycles. The maximum absolute atomic E-state index is 11.9. The van der Waals surface area contributed by atoms with Gasteiger partial charge in [-0.2, -0.15) is 0 Å². The number of ether oxygens (including phenoxy) is 1. The molecule has 0 aliphatic rings. The molecule has 0 N–H and O–H groups in total. The van der Waals surface area contributed by atoms with Gasteiger partial charge >= 0.3 is 5.97 Å². The summed E-state index contributed by atoms with van der Waals surface area (Å²) < 4.78 is 9.73. The number of rotatable bonds is 7. The number of carbonyl (C=O) groups is 2. The van der Waals surface area contributed by atoms with Crippen LogP contribution in [0.5, 0.6) is 0 Å². The van der Waals surface area contributed by atoms with Gasteiger partial charge in [-0.15, -0.1) is 0 Å². The molecule has 6 heteroatoms. The van der Waals surface area contributed by atoms with Gasteiger partial charge in [0.1, 0.15) is 6.26 Å². The molecule has 0 saturated heterocycles. The molecule has 1 rings (SSSR count). The lowest BCUT2D eigenvalue weighted by molar-refractivity contribution is -0.132. The number of hydrogen-bond acceptors (Lipinski definition) is 5. The quantitative estimate of drug-likeness (QED) is 0.707. The van der Waals surface area contributed by atoms with Gasteiger partial charge in [0.15, 0.2) is 5.69 Å². The molecular weight excluding hydrogens is 248 g/mol. The third kappa shape index (κ3) is 4.39. The van der Waals surface area contributed by atoms with Crippen molar-refractivity contribution in [3.05, 3.63) is 17.8 Å². The first-order chi connectivity index (χ1) is 9.12. The van der Waals surface area contributed by atoms with E-state index in [0.717, 1.165) is 12.8 Å². The van der Waals surface area contributed by atoms with Gasteiger partial charge in [0.05, 0.1) is 13.7 Å². The summed E-state index contributed by atoms with van der Waals surface area (Å²) in [5.74, 6) is -0.127. The molecule has 0 spiro atoms. The van der Waals surface area contributed by atoms with Gasteiger partial charge in [-0.25, -0.2) is 9.78 Å². The van der Waals surface area contributed by atoms with E-state index in [1.165, 1.54) is 13.4 Å². The number of methoxy groups -OCH3 is 1. The monoisotopic (exact) mass is 268 g/mol. The number of hydrogen-bond donors (Lipinski definition) is 0. The topological polar surface area (TPSA) is 72.6 Å². The summed E-state index contributed by atoms with van der Waals surface area (Å²) in [6.07, 6.45) is 3.41. The second kappa shape index (κ2) is 7.56. The zero-order valence-electron chi connectivity index (χ0n) is 11.6. The molecule has 1 aromatic rings. The highest BCUT2D eigenvalue weighted by molar-refractivity contribution is 5.86. The molecule has 0 atom stereocenters. The summed E-state index contributed by atoms with van der Waals surface area (Å²) in [4.78, 5) is 28.8. The Bertz CT molecular complexity index is 428. The molecule has 0 unspecified atom stereocenters. The number of nitrogens with zero attached hydrogens (tertiary/aromatic N) is 2. The fraction of sp³-hybridized carbons (Fsp3) is 0.615. The van der Waals surface area contributed by atoms with Crippen LogP contribution in [0.1, 0.15) is 49.5 Å². The van der Waals surface area contributed by atoms with Crippen molar-refractivity contribution in [3.63, 3.8) is 0 Å². The number of esters is 1. The average molecular weight is 268 g/mol. The Hall–Kier alpha value is -1.85. The van der Waals surface area contributed by atoms with Gasteiger partial charge in [0, 0.05) is 13.0 Å². The lowest BCUT2D eigenvalue weighted by Gasteiger charge is -2.20. The molecule has 0 fully saturated rings.